The van der Waals surface area contributed by atoms with Crippen LogP contribution in [0.3, 0.4) is 0 Å². The topological polar surface area (TPSA) is 68.8 Å². The smallest absolute Gasteiger partial charge is 0.137 e. The molecule has 3 N–H and O–H groups in total. The summed E-state index contributed by atoms with van der Waals surface area (Å²) in [5, 5.41) is 8.43. The number of nitrogens with zero attached hydrogens (tertiary/aromatic N) is 3. The zero-order valence-corrected chi connectivity index (χ0v) is 8.94. The summed E-state index contributed by atoms with van der Waals surface area (Å²) in [7, 11) is 1.91. The molecule has 0 saturated carbocycles. The molecule has 5 nitrogen and oxygen atoms in total. The molecule has 0 saturated heterocycles. The fourth-order valence-electron chi connectivity index (χ4n) is 1.48. The number of aryl methyl sites for hydroxylation is 1. The number of pyridine rings is 1. The Labute approximate surface area is 88.3 Å². The molecule has 0 aliphatic heterocycles. The van der Waals surface area contributed by atoms with Gasteiger partial charge in [0.15, 0.2) is 0 Å². The van der Waals surface area contributed by atoms with Crippen molar-refractivity contribution in [1.82, 2.24) is 14.8 Å². The van der Waals surface area contributed by atoms with Crippen molar-refractivity contribution in [1.29, 1.82) is 0 Å². The number of hydrogen-bond donors (Lipinski definition) is 2. The molecule has 0 aliphatic carbocycles. The minimum Gasteiger partial charge on any atom is -0.368 e. The minimum atomic E-state index is 0.110. The van der Waals surface area contributed by atoms with Crippen LogP contribution in [0, 0.1) is 0 Å². The Balaban J connectivity index is 2.34. The van der Waals surface area contributed by atoms with Crippen molar-refractivity contribution >= 4 is 16.7 Å². The molecule has 2 aromatic rings. The quantitative estimate of drug-likeness (QED) is 0.775. The molecule has 5 heteroatoms. The monoisotopic (exact) mass is 205 g/mol. The van der Waals surface area contributed by atoms with Crippen molar-refractivity contribution in [2.24, 2.45) is 12.8 Å². The Hall–Kier alpha value is -1.62. The molecule has 0 bridgehead atoms. The molecule has 15 heavy (non-hydrogen) atoms. The molecule has 80 valence electrons. The number of aromatic nitrogens is 3. The summed E-state index contributed by atoms with van der Waals surface area (Å²) in [4.78, 5) is 4.27. The molecule has 1 atom stereocenters. The predicted molar refractivity (Wildman–Crippen MR) is 60.6 cm³/mol. The second-order valence-electron chi connectivity index (χ2n) is 3.72. The molecule has 2 aromatic heterocycles. The van der Waals surface area contributed by atoms with Gasteiger partial charge in [0.2, 0.25) is 0 Å². The highest BCUT2D eigenvalue weighted by atomic mass is 15.3. The van der Waals surface area contributed by atoms with Crippen molar-refractivity contribution in [2.75, 3.05) is 11.9 Å². The molecule has 0 spiro atoms. The highest BCUT2D eigenvalue weighted by Crippen LogP contribution is 2.19. The van der Waals surface area contributed by atoms with Crippen LogP contribution in [0.1, 0.15) is 6.92 Å². The fraction of sp³-hybridized carbons (Fsp3) is 0.400. The van der Waals surface area contributed by atoms with Crippen LogP contribution in [0.2, 0.25) is 0 Å². The number of fused-ring (bicyclic) bond motifs is 1. The molecule has 0 aliphatic rings. The molecule has 2 rings (SSSR count). The van der Waals surface area contributed by atoms with Crippen molar-refractivity contribution in [3.8, 4) is 0 Å². The van der Waals surface area contributed by atoms with Gasteiger partial charge in [-0.1, -0.05) is 0 Å². The van der Waals surface area contributed by atoms with Gasteiger partial charge >= 0.3 is 0 Å². The molecule has 0 amide bonds. The van der Waals surface area contributed by atoms with Crippen LogP contribution in [0.15, 0.2) is 18.5 Å². The van der Waals surface area contributed by atoms with E-state index in [4.69, 9.17) is 5.73 Å². The largest absolute Gasteiger partial charge is 0.368 e. The van der Waals surface area contributed by atoms with E-state index in [0.717, 1.165) is 16.7 Å². The summed E-state index contributed by atoms with van der Waals surface area (Å²) >= 11 is 0. The summed E-state index contributed by atoms with van der Waals surface area (Å²) < 4.78 is 1.83. The lowest BCUT2D eigenvalue weighted by Gasteiger charge is -2.08. The predicted octanol–water partition coefficient (Wildman–Crippen LogP) is 0.727. The van der Waals surface area contributed by atoms with Gasteiger partial charge in [0.05, 0.1) is 17.1 Å². The maximum Gasteiger partial charge on any atom is 0.137 e. The van der Waals surface area contributed by atoms with Crippen molar-refractivity contribution in [3.05, 3.63) is 18.5 Å². The summed E-state index contributed by atoms with van der Waals surface area (Å²) in [6, 6.07) is 2.05. The van der Waals surface area contributed by atoms with Crippen LogP contribution in [-0.2, 0) is 7.05 Å². The zero-order valence-electron chi connectivity index (χ0n) is 8.94. The molecule has 1 unspecified atom stereocenters. The van der Waals surface area contributed by atoms with Gasteiger partial charge in [-0.15, -0.1) is 0 Å². The standard InChI is InChI=1S/C10H15N5/c1-7(11)5-13-10-8-6-14-15(2)9(8)3-4-12-10/h3-4,6-7H,5,11H2,1-2H3,(H,12,13). The number of nitrogens with two attached hydrogens (primary N) is 1. The second-order valence-corrected chi connectivity index (χ2v) is 3.72. The summed E-state index contributed by atoms with van der Waals surface area (Å²) in [5.74, 6) is 0.845. The first-order valence-electron chi connectivity index (χ1n) is 4.94. The SMILES string of the molecule is CC(N)CNc1nccc2c1cnn2C. The average molecular weight is 205 g/mol. The van der Waals surface area contributed by atoms with E-state index in [1.165, 1.54) is 0 Å². The van der Waals surface area contributed by atoms with Crippen LogP contribution < -0.4 is 11.1 Å². The number of hydrogen-bond acceptors (Lipinski definition) is 4. The third kappa shape index (κ3) is 1.92. The maximum atomic E-state index is 5.68. The fourth-order valence-corrected chi connectivity index (χ4v) is 1.48. The van der Waals surface area contributed by atoms with Crippen LogP contribution in [0.4, 0.5) is 5.82 Å². The molecular weight excluding hydrogens is 190 g/mol. The van der Waals surface area contributed by atoms with Gasteiger partial charge in [0.1, 0.15) is 5.82 Å². The first kappa shape index (κ1) is 9.92. The third-order valence-electron chi connectivity index (χ3n) is 2.27. The Morgan fingerprint density at radius 2 is 2.40 bits per heavy atom. The van der Waals surface area contributed by atoms with Crippen LogP contribution in [-0.4, -0.2) is 27.4 Å². The van der Waals surface area contributed by atoms with Crippen LogP contribution >= 0.6 is 0 Å². The van der Waals surface area contributed by atoms with Gasteiger partial charge in [-0.2, -0.15) is 5.10 Å². The van der Waals surface area contributed by atoms with E-state index in [2.05, 4.69) is 15.4 Å². The van der Waals surface area contributed by atoms with Crippen molar-refractivity contribution in [3.63, 3.8) is 0 Å². The molecule has 0 fully saturated rings. The molecule has 2 heterocycles. The zero-order chi connectivity index (χ0) is 10.8. The first-order chi connectivity index (χ1) is 7.18. The molecule has 0 radical (unpaired) electrons. The lowest BCUT2D eigenvalue weighted by atomic mass is 10.3. The van der Waals surface area contributed by atoms with Gasteiger partial charge in [0, 0.05) is 25.8 Å². The average Bonchev–Trinajstić information content (AvgIpc) is 2.58. The number of nitrogens with one attached hydrogen (secondary N) is 1. The van der Waals surface area contributed by atoms with Crippen molar-refractivity contribution < 1.29 is 0 Å². The summed E-state index contributed by atoms with van der Waals surface area (Å²) in [6.07, 6.45) is 3.58. The molecular formula is C10H15N5. The van der Waals surface area contributed by atoms with Crippen molar-refractivity contribution in [2.45, 2.75) is 13.0 Å². The van der Waals surface area contributed by atoms with Gasteiger partial charge in [-0.05, 0) is 13.0 Å². The van der Waals surface area contributed by atoms with Gasteiger partial charge < -0.3 is 11.1 Å². The summed E-state index contributed by atoms with van der Waals surface area (Å²) in [5.41, 5.74) is 6.75. The first-order valence-corrected chi connectivity index (χ1v) is 4.94. The van der Waals surface area contributed by atoms with Crippen LogP contribution in [0.25, 0.3) is 10.9 Å². The minimum absolute atomic E-state index is 0.110. The van der Waals surface area contributed by atoms with Gasteiger partial charge in [0.25, 0.3) is 0 Å². The van der Waals surface area contributed by atoms with E-state index in [1.807, 2.05) is 30.9 Å². The second kappa shape index (κ2) is 3.86. The Bertz CT molecular complexity index is 460. The van der Waals surface area contributed by atoms with E-state index < -0.39 is 0 Å². The van der Waals surface area contributed by atoms with E-state index in [-0.39, 0.29) is 6.04 Å². The third-order valence-corrected chi connectivity index (χ3v) is 2.27. The summed E-state index contributed by atoms with van der Waals surface area (Å²) in [6.45, 7) is 2.66. The van der Waals surface area contributed by atoms with Gasteiger partial charge in [-0.3, -0.25) is 4.68 Å². The maximum absolute atomic E-state index is 5.68. The lowest BCUT2D eigenvalue weighted by Crippen LogP contribution is -2.25. The van der Waals surface area contributed by atoms with E-state index in [9.17, 15) is 0 Å². The van der Waals surface area contributed by atoms with Crippen LogP contribution in [0.5, 0.6) is 0 Å². The Morgan fingerprint density at radius 3 is 3.13 bits per heavy atom. The molecule has 0 aromatic carbocycles. The van der Waals surface area contributed by atoms with E-state index in [0.29, 0.717) is 6.54 Å². The lowest BCUT2D eigenvalue weighted by molar-refractivity contribution is 0.778. The van der Waals surface area contributed by atoms with Gasteiger partial charge in [-0.25, -0.2) is 4.98 Å². The number of rotatable bonds is 3. The highest BCUT2D eigenvalue weighted by Gasteiger charge is 2.05. The Kier molecular flexibility index (Phi) is 2.55. The highest BCUT2D eigenvalue weighted by molar-refractivity contribution is 5.88. The Morgan fingerprint density at radius 1 is 1.60 bits per heavy atom. The van der Waals surface area contributed by atoms with E-state index >= 15 is 0 Å². The number of anilines is 1. The normalized spacial score (nSPS) is 13.0. The van der Waals surface area contributed by atoms with E-state index in [1.54, 1.807) is 6.20 Å².